The summed E-state index contributed by atoms with van der Waals surface area (Å²) in [5.41, 5.74) is 1.03. The molecule has 1 aromatic heterocycles. The molecule has 0 N–H and O–H groups in total. The maximum absolute atomic E-state index is 14.8. The van der Waals surface area contributed by atoms with Crippen molar-refractivity contribution < 1.29 is 23.2 Å². The summed E-state index contributed by atoms with van der Waals surface area (Å²) in [7, 11) is -4.15. The molecule has 47 heavy (non-hydrogen) atoms. The highest BCUT2D eigenvalue weighted by atomic mass is 32.1. The molecule has 0 aromatic carbocycles. The molecule has 2 heterocycles. The van der Waals surface area contributed by atoms with E-state index in [2.05, 4.69) is 66.4 Å². The van der Waals surface area contributed by atoms with Crippen LogP contribution in [-0.4, -0.2) is 51.7 Å². The maximum Gasteiger partial charge on any atom is 0.309 e. The SMILES string of the molecule is CC[Si](CC)(CC)OC1C(C)CCCCCCC(C(C)=Cc2csc(C)n2)OC(=O)CC(O[Si](CC)(CC)CC)C(C)(C)C(=O)C1C. The second-order valence-corrected chi connectivity index (χ2v) is 25.4. The Morgan fingerprint density at radius 2 is 1.45 bits per heavy atom. The Hall–Kier alpha value is -1.14. The standard InChI is InChI=1S/C38H69NO5SSi2/c1-13-46(14-2,15-3)43-34-26-35(40)42-33(29(8)25-32-27-45-31(10)39-32)24-22-20-19-21-23-28(7)36(30(9)37(41)38(34,11)12)44-47(16-4,17-5)18-6/h25,27-28,30,33-34,36H,13-24,26H2,1-12H3. The molecule has 0 aliphatic carbocycles. The van der Waals surface area contributed by atoms with Gasteiger partial charge in [-0.25, -0.2) is 4.98 Å². The van der Waals surface area contributed by atoms with Crippen LogP contribution in [0.15, 0.2) is 11.0 Å². The van der Waals surface area contributed by atoms with Crippen molar-refractivity contribution in [1.82, 2.24) is 4.98 Å². The van der Waals surface area contributed by atoms with E-state index in [1.807, 2.05) is 33.1 Å². The molecule has 0 saturated carbocycles. The van der Waals surface area contributed by atoms with Crippen LogP contribution < -0.4 is 0 Å². The summed E-state index contributed by atoms with van der Waals surface area (Å²) in [6.45, 7) is 25.8. The Kier molecular flexibility index (Phi) is 17.3. The number of aryl methyl sites for hydroxylation is 1. The largest absolute Gasteiger partial charge is 0.458 e. The van der Waals surface area contributed by atoms with Gasteiger partial charge in [-0.3, -0.25) is 9.59 Å². The van der Waals surface area contributed by atoms with Gasteiger partial charge in [-0.05, 0) is 86.9 Å². The Morgan fingerprint density at radius 3 is 1.96 bits per heavy atom. The molecule has 1 aromatic rings. The molecule has 0 spiro atoms. The van der Waals surface area contributed by atoms with Crippen LogP contribution in [0.2, 0.25) is 36.3 Å². The summed E-state index contributed by atoms with van der Waals surface area (Å²) in [6.07, 6.45) is 7.21. The van der Waals surface area contributed by atoms with Crippen LogP contribution in [0.25, 0.3) is 6.08 Å². The lowest BCUT2D eigenvalue weighted by Gasteiger charge is -2.44. The van der Waals surface area contributed by atoms with E-state index in [-0.39, 0.29) is 42.2 Å². The van der Waals surface area contributed by atoms with Crippen LogP contribution in [0.4, 0.5) is 0 Å². The average Bonchev–Trinajstić information content (AvgIpc) is 3.47. The highest BCUT2D eigenvalue weighted by Gasteiger charge is 2.48. The van der Waals surface area contributed by atoms with Gasteiger partial charge in [0.25, 0.3) is 0 Å². The fourth-order valence-electron chi connectivity index (χ4n) is 7.46. The summed E-state index contributed by atoms with van der Waals surface area (Å²) in [4.78, 5) is 33.4. The second-order valence-electron chi connectivity index (χ2n) is 14.9. The number of Topliss-reactive ketones (excluding diaryl/α,β-unsaturated/α-hetero) is 1. The number of ether oxygens (including phenoxy) is 1. The Labute approximate surface area is 294 Å². The summed E-state index contributed by atoms with van der Waals surface area (Å²) < 4.78 is 20.6. The minimum absolute atomic E-state index is 0.0679. The second kappa shape index (κ2) is 19.3. The summed E-state index contributed by atoms with van der Waals surface area (Å²) >= 11 is 1.62. The molecule has 1 saturated heterocycles. The number of aromatic nitrogens is 1. The number of cyclic esters (lactones) is 1. The molecule has 5 atom stereocenters. The number of hydrogen-bond donors (Lipinski definition) is 0. The van der Waals surface area contributed by atoms with E-state index in [4.69, 9.17) is 13.6 Å². The summed E-state index contributed by atoms with van der Waals surface area (Å²) in [5.74, 6) is -0.173. The molecule has 0 amide bonds. The van der Waals surface area contributed by atoms with Crippen LogP contribution in [0.5, 0.6) is 0 Å². The van der Waals surface area contributed by atoms with Gasteiger partial charge in [0.05, 0.1) is 29.3 Å². The van der Waals surface area contributed by atoms with Crippen molar-refractivity contribution in [1.29, 1.82) is 0 Å². The van der Waals surface area contributed by atoms with Crippen molar-refractivity contribution in [2.75, 3.05) is 0 Å². The van der Waals surface area contributed by atoms with Crippen LogP contribution in [0, 0.1) is 24.2 Å². The highest BCUT2D eigenvalue weighted by Crippen LogP contribution is 2.40. The van der Waals surface area contributed by atoms with Crippen molar-refractivity contribution >= 4 is 45.8 Å². The zero-order valence-corrected chi connectivity index (χ0v) is 34.9. The van der Waals surface area contributed by atoms with E-state index in [1.54, 1.807) is 11.3 Å². The number of ketones is 1. The fourth-order valence-corrected chi connectivity index (χ4v) is 14.0. The first-order valence-electron chi connectivity index (χ1n) is 18.9. The molecule has 0 radical (unpaired) electrons. The van der Waals surface area contributed by atoms with Crippen molar-refractivity contribution in [3.05, 3.63) is 21.7 Å². The van der Waals surface area contributed by atoms with E-state index in [1.165, 1.54) is 0 Å². The van der Waals surface area contributed by atoms with E-state index in [9.17, 15) is 9.59 Å². The number of rotatable bonds is 12. The van der Waals surface area contributed by atoms with Crippen LogP contribution in [-0.2, 0) is 23.2 Å². The lowest BCUT2D eigenvalue weighted by Crippen LogP contribution is -2.53. The maximum atomic E-state index is 14.8. The van der Waals surface area contributed by atoms with Gasteiger partial charge in [0, 0.05) is 16.7 Å². The van der Waals surface area contributed by atoms with Crippen LogP contribution in [0.3, 0.4) is 0 Å². The molecule has 1 aliphatic heterocycles. The topological polar surface area (TPSA) is 74.7 Å². The number of hydrogen-bond acceptors (Lipinski definition) is 7. The zero-order valence-electron chi connectivity index (χ0n) is 32.1. The number of esters is 1. The first-order valence-corrected chi connectivity index (χ1v) is 24.8. The lowest BCUT2D eigenvalue weighted by molar-refractivity contribution is -0.153. The molecule has 1 aliphatic rings. The highest BCUT2D eigenvalue weighted by molar-refractivity contribution is 7.09. The van der Waals surface area contributed by atoms with Gasteiger partial charge in [0.1, 0.15) is 11.9 Å². The lowest BCUT2D eigenvalue weighted by atomic mass is 9.73. The molecule has 1 fully saturated rings. The van der Waals surface area contributed by atoms with Gasteiger partial charge in [0.2, 0.25) is 0 Å². The third kappa shape index (κ3) is 11.4. The quantitative estimate of drug-likeness (QED) is 0.159. The third-order valence-electron chi connectivity index (χ3n) is 11.6. The van der Waals surface area contributed by atoms with Gasteiger partial charge in [0.15, 0.2) is 16.6 Å². The minimum atomic E-state index is -2.17. The molecule has 9 heteroatoms. The van der Waals surface area contributed by atoms with E-state index < -0.39 is 28.2 Å². The van der Waals surface area contributed by atoms with E-state index in [0.717, 1.165) is 91.1 Å². The van der Waals surface area contributed by atoms with Crippen molar-refractivity contribution in [2.24, 2.45) is 17.3 Å². The first kappa shape index (κ1) is 42.0. The van der Waals surface area contributed by atoms with Gasteiger partial charge in [-0.2, -0.15) is 0 Å². The fraction of sp³-hybridized carbons (Fsp3) is 0.816. The van der Waals surface area contributed by atoms with Gasteiger partial charge in [-0.1, -0.05) is 88.5 Å². The predicted octanol–water partition coefficient (Wildman–Crippen LogP) is 11.2. The molecular formula is C38H69NO5SSi2. The van der Waals surface area contributed by atoms with Gasteiger partial charge >= 0.3 is 5.97 Å². The third-order valence-corrected chi connectivity index (χ3v) is 21.7. The Bertz CT molecular complexity index is 1130. The van der Waals surface area contributed by atoms with Crippen LogP contribution >= 0.6 is 11.3 Å². The normalized spacial score (nSPS) is 26.3. The Balaban J connectivity index is 2.57. The summed E-state index contributed by atoms with van der Waals surface area (Å²) in [6, 6.07) is 6.01. The van der Waals surface area contributed by atoms with Gasteiger partial charge < -0.3 is 13.6 Å². The molecule has 6 nitrogen and oxygen atoms in total. The first-order chi connectivity index (χ1) is 22.2. The van der Waals surface area contributed by atoms with Crippen molar-refractivity contribution in [3.63, 3.8) is 0 Å². The molecule has 5 unspecified atom stereocenters. The monoisotopic (exact) mass is 707 g/mol. The van der Waals surface area contributed by atoms with E-state index >= 15 is 0 Å². The van der Waals surface area contributed by atoms with Gasteiger partial charge in [-0.15, -0.1) is 11.3 Å². The van der Waals surface area contributed by atoms with Crippen molar-refractivity contribution in [3.8, 4) is 0 Å². The summed E-state index contributed by atoms with van der Waals surface area (Å²) in [5, 5.41) is 3.07. The number of carbonyl (C=O) groups excluding carboxylic acids is 2. The average molecular weight is 708 g/mol. The molecular weight excluding hydrogens is 639 g/mol. The Morgan fingerprint density at radius 1 is 0.915 bits per heavy atom. The zero-order chi connectivity index (χ0) is 35.4. The molecule has 2 rings (SSSR count). The predicted molar refractivity (Wildman–Crippen MR) is 204 cm³/mol. The molecule has 270 valence electrons. The smallest absolute Gasteiger partial charge is 0.309 e. The molecule has 0 bridgehead atoms. The van der Waals surface area contributed by atoms with E-state index in [0.29, 0.717) is 0 Å². The number of thiazole rings is 1. The number of carbonyl (C=O) groups is 2. The van der Waals surface area contributed by atoms with Crippen LogP contribution in [0.1, 0.15) is 132 Å². The van der Waals surface area contributed by atoms with Crippen molar-refractivity contribution in [2.45, 2.75) is 183 Å². The number of nitrogens with zero attached hydrogens (tertiary/aromatic N) is 1. The minimum Gasteiger partial charge on any atom is -0.458 e.